The largest absolute Gasteiger partial charge is 0.157 e. The zero-order valence-corrected chi connectivity index (χ0v) is 8.63. The number of nitrogens with zero attached hydrogens (tertiary/aromatic N) is 2. The molecule has 0 aliphatic rings. The maximum Gasteiger partial charge on any atom is 0.152 e. The summed E-state index contributed by atoms with van der Waals surface area (Å²) < 4.78 is 0. The molecule has 70 valence electrons. The van der Waals surface area contributed by atoms with Crippen LogP contribution in [0.3, 0.4) is 0 Å². The van der Waals surface area contributed by atoms with Crippen molar-refractivity contribution in [2.45, 2.75) is 0 Å². The van der Waals surface area contributed by atoms with E-state index < -0.39 is 0 Å². The average molecular weight is 225 g/mol. The summed E-state index contributed by atoms with van der Waals surface area (Å²) in [7, 11) is 0. The Labute approximate surface area is 91.5 Å². The molecule has 14 heavy (non-hydrogen) atoms. The molecular formula is C10H6Cl2N2. The Morgan fingerprint density at radius 3 is 2.57 bits per heavy atom. The van der Waals surface area contributed by atoms with Crippen molar-refractivity contribution in [3.63, 3.8) is 0 Å². The van der Waals surface area contributed by atoms with E-state index >= 15 is 0 Å². The first-order valence-corrected chi connectivity index (χ1v) is 4.76. The van der Waals surface area contributed by atoms with Gasteiger partial charge in [0, 0.05) is 16.1 Å². The highest BCUT2D eigenvalue weighted by Gasteiger charge is 2.03. The molecule has 2 rings (SSSR count). The smallest absolute Gasteiger partial charge is 0.152 e. The van der Waals surface area contributed by atoms with Crippen LogP contribution in [0.4, 0.5) is 0 Å². The van der Waals surface area contributed by atoms with Crippen LogP contribution < -0.4 is 0 Å². The van der Waals surface area contributed by atoms with E-state index in [1.165, 1.54) is 0 Å². The first kappa shape index (κ1) is 9.44. The van der Waals surface area contributed by atoms with E-state index in [4.69, 9.17) is 23.2 Å². The Kier molecular flexibility index (Phi) is 2.66. The van der Waals surface area contributed by atoms with Gasteiger partial charge in [0.25, 0.3) is 0 Å². The van der Waals surface area contributed by atoms with Crippen LogP contribution in [0.25, 0.3) is 11.1 Å². The predicted octanol–water partition coefficient (Wildman–Crippen LogP) is 3.45. The summed E-state index contributed by atoms with van der Waals surface area (Å²) in [6.45, 7) is 0. The second kappa shape index (κ2) is 3.95. The second-order valence-electron chi connectivity index (χ2n) is 2.75. The predicted molar refractivity (Wildman–Crippen MR) is 57.5 cm³/mol. The first-order valence-electron chi connectivity index (χ1n) is 4.00. The summed E-state index contributed by atoms with van der Waals surface area (Å²) in [5.41, 5.74) is 1.78. The Balaban J connectivity index is 2.55. The topological polar surface area (TPSA) is 25.8 Å². The van der Waals surface area contributed by atoms with Gasteiger partial charge in [-0.3, -0.25) is 0 Å². The third kappa shape index (κ3) is 1.86. The lowest BCUT2D eigenvalue weighted by atomic mass is 10.1. The minimum Gasteiger partial charge on any atom is -0.157 e. The molecule has 0 spiro atoms. The second-order valence-corrected chi connectivity index (χ2v) is 3.54. The molecule has 0 bridgehead atoms. The van der Waals surface area contributed by atoms with Crippen molar-refractivity contribution in [1.29, 1.82) is 0 Å². The zero-order chi connectivity index (χ0) is 9.97. The van der Waals surface area contributed by atoms with E-state index in [1.807, 2.05) is 24.3 Å². The Bertz CT molecular complexity index is 457. The van der Waals surface area contributed by atoms with Crippen molar-refractivity contribution in [2.24, 2.45) is 0 Å². The van der Waals surface area contributed by atoms with Crippen molar-refractivity contribution >= 4 is 23.2 Å². The van der Waals surface area contributed by atoms with Crippen LogP contribution in [0.2, 0.25) is 10.2 Å². The summed E-state index contributed by atoms with van der Waals surface area (Å²) in [5.74, 6) is 0. The molecular weight excluding hydrogens is 219 g/mol. The molecule has 4 heteroatoms. The molecule has 0 fully saturated rings. The fourth-order valence-electron chi connectivity index (χ4n) is 1.18. The molecule has 0 unspecified atom stereocenters. The average Bonchev–Trinajstić information content (AvgIpc) is 2.18. The van der Waals surface area contributed by atoms with Gasteiger partial charge in [-0.1, -0.05) is 41.4 Å². The summed E-state index contributed by atoms with van der Waals surface area (Å²) in [5, 5.41) is 8.47. The number of aromatic nitrogens is 2. The zero-order valence-electron chi connectivity index (χ0n) is 7.11. The molecule has 0 amide bonds. The Morgan fingerprint density at radius 1 is 1.07 bits per heavy atom. The third-order valence-corrected chi connectivity index (χ3v) is 2.32. The molecule has 0 aliphatic carbocycles. The molecule has 1 aromatic heterocycles. The van der Waals surface area contributed by atoms with Crippen molar-refractivity contribution in [2.75, 3.05) is 0 Å². The molecule has 0 atom stereocenters. The minimum atomic E-state index is 0.363. The number of halogens is 2. The van der Waals surface area contributed by atoms with Crippen LogP contribution in [0, 0.1) is 0 Å². The van der Waals surface area contributed by atoms with E-state index in [0.29, 0.717) is 10.2 Å². The highest BCUT2D eigenvalue weighted by atomic mass is 35.5. The summed E-state index contributed by atoms with van der Waals surface area (Å²) in [4.78, 5) is 0. The van der Waals surface area contributed by atoms with E-state index in [9.17, 15) is 0 Å². The van der Waals surface area contributed by atoms with Gasteiger partial charge in [0.05, 0.1) is 6.20 Å². The van der Waals surface area contributed by atoms with Gasteiger partial charge in [0.15, 0.2) is 5.15 Å². The highest BCUT2D eigenvalue weighted by Crippen LogP contribution is 2.27. The Morgan fingerprint density at radius 2 is 1.86 bits per heavy atom. The van der Waals surface area contributed by atoms with Gasteiger partial charge in [-0.2, -0.15) is 5.10 Å². The lowest BCUT2D eigenvalue weighted by molar-refractivity contribution is 1.03. The van der Waals surface area contributed by atoms with Crippen LogP contribution in [0.5, 0.6) is 0 Å². The van der Waals surface area contributed by atoms with Crippen molar-refractivity contribution in [3.8, 4) is 11.1 Å². The normalized spacial score (nSPS) is 10.1. The summed E-state index contributed by atoms with van der Waals surface area (Å²) in [6, 6.07) is 9.26. The fourth-order valence-corrected chi connectivity index (χ4v) is 1.59. The van der Waals surface area contributed by atoms with Gasteiger partial charge >= 0.3 is 0 Å². The van der Waals surface area contributed by atoms with Gasteiger partial charge in [-0.25, -0.2) is 0 Å². The van der Waals surface area contributed by atoms with Gasteiger partial charge in [0.1, 0.15) is 0 Å². The van der Waals surface area contributed by atoms with Gasteiger partial charge in [0.2, 0.25) is 0 Å². The quantitative estimate of drug-likeness (QED) is 0.742. The van der Waals surface area contributed by atoms with E-state index in [1.54, 1.807) is 12.3 Å². The fraction of sp³-hybridized carbons (Fsp3) is 0. The number of benzene rings is 1. The highest BCUT2D eigenvalue weighted by molar-refractivity contribution is 6.33. The van der Waals surface area contributed by atoms with Crippen molar-refractivity contribution < 1.29 is 0 Å². The van der Waals surface area contributed by atoms with Crippen molar-refractivity contribution in [3.05, 3.63) is 46.7 Å². The maximum atomic E-state index is 6.02. The van der Waals surface area contributed by atoms with Gasteiger partial charge < -0.3 is 0 Å². The molecule has 0 aliphatic heterocycles. The SMILES string of the molecule is Clc1cc(-c2ccccc2Cl)cnn1. The monoisotopic (exact) mass is 224 g/mol. The van der Waals surface area contributed by atoms with E-state index in [-0.39, 0.29) is 0 Å². The molecule has 0 saturated carbocycles. The van der Waals surface area contributed by atoms with Crippen molar-refractivity contribution in [1.82, 2.24) is 10.2 Å². The molecule has 0 radical (unpaired) electrons. The van der Waals surface area contributed by atoms with Crippen LogP contribution in [-0.2, 0) is 0 Å². The molecule has 2 nitrogen and oxygen atoms in total. The standard InChI is InChI=1S/C10H6Cl2N2/c11-9-4-2-1-3-8(9)7-5-10(12)14-13-6-7/h1-6H. The van der Waals surface area contributed by atoms with Crippen LogP contribution in [-0.4, -0.2) is 10.2 Å². The van der Waals surface area contributed by atoms with Crippen LogP contribution >= 0.6 is 23.2 Å². The summed E-state index contributed by atoms with van der Waals surface area (Å²) in [6.07, 6.45) is 1.63. The van der Waals surface area contributed by atoms with E-state index in [2.05, 4.69) is 10.2 Å². The van der Waals surface area contributed by atoms with Crippen LogP contribution in [0.1, 0.15) is 0 Å². The lowest BCUT2D eigenvalue weighted by Gasteiger charge is -2.02. The molecule has 1 aromatic carbocycles. The Hall–Kier alpha value is -1.12. The molecule has 1 heterocycles. The number of rotatable bonds is 1. The van der Waals surface area contributed by atoms with E-state index in [0.717, 1.165) is 11.1 Å². The third-order valence-electron chi connectivity index (χ3n) is 1.81. The first-order chi connectivity index (χ1) is 6.77. The van der Waals surface area contributed by atoms with Gasteiger partial charge in [-0.15, -0.1) is 5.10 Å². The molecule has 2 aromatic rings. The molecule has 0 N–H and O–H groups in total. The van der Waals surface area contributed by atoms with Gasteiger partial charge in [-0.05, 0) is 12.1 Å². The number of hydrogen-bond acceptors (Lipinski definition) is 2. The van der Waals surface area contributed by atoms with Crippen LogP contribution in [0.15, 0.2) is 36.5 Å². The minimum absolute atomic E-state index is 0.363. The molecule has 0 saturated heterocycles. The number of hydrogen-bond donors (Lipinski definition) is 0. The maximum absolute atomic E-state index is 6.02. The lowest BCUT2D eigenvalue weighted by Crippen LogP contribution is -1.84. The summed E-state index contributed by atoms with van der Waals surface area (Å²) >= 11 is 11.8.